The molecule has 0 heterocycles. The summed E-state index contributed by atoms with van der Waals surface area (Å²) in [7, 11) is 0. The van der Waals surface area contributed by atoms with Gasteiger partial charge >= 0.3 is 0 Å². The summed E-state index contributed by atoms with van der Waals surface area (Å²) in [5.41, 5.74) is 13.1. The third-order valence-corrected chi connectivity index (χ3v) is 5.39. The van der Waals surface area contributed by atoms with Gasteiger partial charge in [-0.2, -0.15) is 0 Å². The molecule has 2 aliphatic carbocycles. The normalized spacial score (nSPS) is 16.9. The highest BCUT2D eigenvalue weighted by Gasteiger charge is 2.29. The Kier molecular flexibility index (Phi) is 2.28. The highest BCUT2D eigenvalue weighted by Crippen LogP contribution is 2.49. The van der Waals surface area contributed by atoms with Crippen molar-refractivity contribution in [3.8, 4) is 22.3 Å². The second-order valence-corrected chi connectivity index (χ2v) is 6.74. The summed E-state index contributed by atoms with van der Waals surface area (Å²) in [4.78, 5) is 0. The highest BCUT2D eigenvalue weighted by atomic mass is 14.3. The van der Waals surface area contributed by atoms with Crippen LogP contribution in [0.1, 0.15) is 40.7 Å². The van der Waals surface area contributed by atoms with E-state index in [1.165, 1.54) is 50.1 Å². The zero-order chi connectivity index (χ0) is 14.8. The van der Waals surface area contributed by atoms with Crippen LogP contribution in [0.5, 0.6) is 0 Å². The van der Waals surface area contributed by atoms with Crippen LogP contribution in [0.25, 0.3) is 22.3 Å². The second-order valence-electron chi connectivity index (χ2n) is 6.74. The Hall–Kier alpha value is -2.34. The number of hydrogen-bond acceptors (Lipinski definition) is 0. The molecule has 0 aromatic heterocycles. The minimum absolute atomic E-state index is 0.503. The third-order valence-electron chi connectivity index (χ3n) is 5.39. The monoisotopic (exact) mass is 282 g/mol. The standard InChI is InChI=1S/C22H18/c1-13-7-8-18-19(9-13)14(2)20-12-21-16(11-22(18)20)10-15-5-3-4-6-17(15)21/h3-9,11-12,14H,10H2,1-2H3. The Morgan fingerprint density at radius 1 is 0.727 bits per heavy atom. The fourth-order valence-electron chi connectivity index (χ4n) is 4.25. The molecule has 1 atom stereocenters. The quantitative estimate of drug-likeness (QED) is 0.388. The first-order chi connectivity index (χ1) is 10.7. The van der Waals surface area contributed by atoms with Gasteiger partial charge in [0.1, 0.15) is 0 Å². The number of aryl methyl sites for hydroxylation is 1. The van der Waals surface area contributed by atoms with Crippen LogP contribution < -0.4 is 0 Å². The van der Waals surface area contributed by atoms with E-state index in [9.17, 15) is 0 Å². The first-order valence-corrected chi connectivity index (χ1v) is 8.08. The van der Waals surface area contributed by atoms with Crippen molar-refractivity contribution in [2.75, 3.05) is 0 Å². The number of hydrogen-bond donors (Lipinski definition) is 0. The molecule has 2 aliphatic rings. The summed E-state index contributed by atoms with van der Waals surface area (Å²) in [6.07, 6.45) is 1.08. The van der Waals surface area contributed by atoms with Gasteiger partial charge in [-0.1, -0.05) is 55.0 Å². The predicted octanol–water partition coefficient (Wildman–Crippen LogP) is 5.70. The van der Waals surface area contributed by atoms with E-state index < -0.39 is 0 Å². The molecule has 3 aromatic carbocycles. The first kappa shape index (κ1) is 12.2. The molecule has 106 valence electrons. The lowest BCUT2D eigenvalue weighted by atomic mass is 9.94. The molecule has 0 heteroatoms. The van der Waals surface area contributed by atoms with Crippen LogP contribution in [0.2, 0.25) is 0 Å². The van der Waals surface area contributed by atoms with E-state index in [1.54, 1.807) is 0 Å². The number of fused-ring (bicyclic) bond motifs is 6. The zero-order valence-corrected chi connectivity index (χ0v) is 13.0. The van der Waals surface area contributed by atoms with Crippen molar-refractivity contribution in [3.63, 3.8) is 0 Å². The second kappa shape index (κ2) is 4.10. The molecule has 0 nitrogen and oxygen atoms in total. The van der Waals surface area contributed by atoms with Crippen LogP contribution in [0.4, 0.5) is 0 Å². The van der Waals surface area contributed by atoms with Crippen molar-refractivity contribution < 1.29 is 0 Å². The molecule has 0 aliphatic heterocycles. The fraction of sp³-hybridized carbons (Fsp3) is 0.182. The lowest BCUT2D eigenvalue weighted by molar-refractivity contribution is 0.954. The maximum atomic E-state index is 2.45. The maximum absolute atomic E-state index is 2.45. The van der Waals surface area contributed by atoms with Gasteiger partial charge in [0.05, 0.1) is 0 Å². The molecular weight excluding hydrogens is 264 g/mol. The van der Waals surface area contributed by atoms with Crippen LogP contribution in [0.15, 0.2) is 54.6 Å². The molecule has 1 unspecified atom stereocenters. The molecular formula is C22H18. The molecule has 22 heavy (non-hydrogen) atoms. The smallest absolute Gasteiger partial charge is 0.00736 e. The van der Waals surface area contributed by atoms with Gasteiger partial charge in [0.25, 0.3) is 0 Å². The molecule has 5 rings (SSSR count). The molecule has 3 aromatic rings. The molecule has 0 bridgehead atoms. The SMILES string of the molecule is Cc1ccc2c(c1)C(C)c1cc3c(cc1-2)Cc1ccccc1-3. The van der Waals surface area contributed by atoms with Crippen LogP contribution in [-0.4, -0.2) is 0 Å². The van der Waals surface area contributed by atoms with Crippen molar-refractivity contribution >= 4 is 0 Å². The van der Waals surface area contributed by atoms with E-state index in [-0.39, 0.29) is 0 Å². The first-order valence-electron chi connectivity index (χ1n) is 8.08. The van der Waals surface area contributed by atoms with Crippen molar-refractivity contribution in [1.29, 1.82) is 0 Å². The van der Waals surface area contributed by atoms with Crippen molar-refractivity contribution in [2.24, 2.45) is 0 Å². The van der Waals surface area contributed by atoms with Gasteiger partial charge in [0.2, 0.25) is 0 Å². The van der Waals surface area contributed by atoms with Gasteiger partial charge in [0.15, 0.2) is 0 Å². The topological polar surface area (TPSA) is 0 Å². The Labute approximate surface area is 131 Å². The number of benzene rings is 3. The molecule has 0 spiro atoms. The van der Waals surface area contributed by atoms with Crippen LogP contribution in [-0.2, 0) is 6.42 Å². The number of rotatable bonds is 0. The van der Waals surface area contributed by atoms with E-state index in [1.807, 2.05) is 0 Å². The summed E-state index contributed by atoms with van der Waals surface area (Å²) in [5, 5.41) is 0. The van der Waals surface area contributed by atoms with Crippen LogP contribution in [0.3, 0.4) is 0 Å². The van der Waals surface area contributed by atoms with Gasteiger partial charge in [0, 0.05) is 5.92 Å². The minimum Gasteiger partial charge on any atom is -0.0619 e. The summed E-state index contributed by atoms with van der Waals surface area (Å²) in [6, 6.07) is 20.6. The van der Waals surface area contributed by atoms with Gasteiger partial charge < -0.3 is 0 Å². The van der Waals surface area contributed by atoms with Gasteiger partial charge in [-0.3, -0.25) is 0 Å². The van der Waals surface area contributed by atoms with Gasteiger partial charge in [-0.05, 0) is 70.0 Å². The molecule has 0 saturated carbocycles. The lowest BCUT2D eigenvalue weighted by Crippen LogP contribution is -1.91. The average molecular weight is 282 g/mol. The van der Waals surface area contributed by atoms with E-state index in [4.69, 9.17) is 0 Å². The van der Waals surface area contributed by atoms with E-state index >= 15 is 0 Å². The maximum Gasteiger partial charge on any atom is 0.00736 e. The van der Waals surface area contributed by atoms with Crippen LogP contribution >= 0.6 is 0 Å². The third kappa shape index (κ3) is 1.47. The molecule has 0 amide bonds. The van der Waals surface area contributed by atoms with Crippen molar-refractivity contribution in [2.45, 2.75) is 26.2 Å². The zero-order valence-electron chi connectivity index (χ0n) is 13.0. The Morgan fingerprint density at radius 3 is 2.45 bits per heavy atom. The Morgan fingerprint density at radius 2 is 1.55 bits per heavy atom. The van der Waals surface area contributed by atoms with Gasteiger partial charge in [-0.25, -0.2) is 0 Å². The summed E-state index contributed by atoms with van der Waals surface area (Å²) in [6.45, 7) is 4.53. The summed E-state index contributed by atoms with van der Waals surface area (Å²) >= 11 is 0. The van der Waals surface area contributed by atoms with E-state index in [2.05, 4.69) is 68.4 Å². The highest BCUT2D eigenvalue weighted by molar-refractivity contribution is 5.86. The Balaban J connectivity index is 1.77. The summed E-state index contributed by atoms with van der Waals surface area (Å²) in [5.74, 6) is 0.503. The Bertz CT molecular complexity index is 931. The average Bonchev–Trinajstić information content (AvgIpc) is 3.02. The van der Waals surface area contributed by atoms with E-state index in [0.29, 0.717) is 5.92 Å². The molecule has 0 N–H and O–H groups in total. The largest absolute Gasteiger partial charge is 0.0619 e. The predicted molar refractivity (Wildman–Crippen MR) is 92.4 cm³/mol. The molecule has 0 fully saturated rings. The lowest BCUT2D eigenvalue weighted by Gasteiger charge is -2.09. The van der Waals surface area contributed by atoms with Crippen LogP contribution in [0, 0.1) is 6.92 Å². The van der Waals surface area contributed by atoms with E-state index in [0.717, 1.165) is 6.42 Å². The van der Waals surface area contributed by atoms with Gasteiger partial charge in [-0.15, -0.1) is 0 Å². The summed E-state index contributed by atoms with van der Waals surface area (Å²) < 4.78 is 0. The minimum atomic E-state index is 0.503. The molecule has 0 radical (unpaired) electrons. The van der Waals surface area contributed by atoms with Crippen molar-refractivity contribution in [1.82, 2.24) is 0 Å². The molecule has 0 saturated heterocycles. The fourth-order valence-corrected chi connectivity index (χ4v) is 4.25. The van der Waals surface area contributed by atoms with Crippen molar-refractivity contribution in [3.05, 3.63) is 82.4 Å².